The summed E-state index contributed by atoms with van der Waals surface area (Å²) in [4.78, 5) is 10.7. The van der Waals surface area contributed by atoms with E-state index in [4.69, 9.17) is 10.5 Å². The van der Waals surface area contributed by atoms with Crippen LogP contribution in [-0.2, 0) is 11.2 Å². The Morgan fingerprint density at radius 2 is 2.35 bits per heavy atom. The molecular formula is C12H20N4O. The highest BCUT2D eigenvalue weighted by Gasteiger charge is 2.25. The Hall–Kier alpha value is -1.36. The van der Waals surface area contributed by atoms with Gasteiger partial charge in [-0.2, -0.15) is 0 Å². The lowest BCUT2D eigenvalue weighted by Gasteiger charge is -2.20. The highest BCUT2D eigenvalue weighted by Crippen LogP contribution is 2.27. The molecule has 1 fully saturated rings. The molecule has 1 aliphatic rings. The van der Waals surface area contributed by atoms with Crippen LogP contribution in [0.1, 0.15) is 18.9 Å². The van der Waals surface area contributed by atoms with Crippen LogP contribution in [0, 0.1) is 5.92 Å². The molecule has 0 bridgehead atoms. The van der Waals surface area contributed by atoms with Crippen molar-refractivity contribution in [3.05, 3.63) is 11.9 Å². The molecular weight excluding hydrogens is 216 g/mol. The highest BCUT2D eigenvalue weighted by molar-refractivity contribution is 5.57. The standard InChI is InChI=1S/C12H20N4O/c1-3-10-11(13)14-8-15-12(10)16-5-4-9(6-16)7-17-2/h8-9H,3-7H2,1-2H3,(H2,13,14,15). The van der Waals surface area contributed by atoms with Crippen molar-refractivity contribution in [2.45, 2.75) is 19.8 Å². The Balaban J connectivity index is 2.15. The van der Waals surface area contributed by atoms with Gasteiger partial charge in [-0.05, 0) is 12.8 Å². The molecule has 1 aromatic heterocycles. The van der Waals surface area contributed by atoms with E-state index in [1.54, 1.807) is 13.4 Å². The van der Waals surface area contributed by atoms with Gasteiger partial charge in [0.2, 0.25) is 0 Å². The smallest absolute Gasteiger partial charge is 0.137 e. The molecule has 0 amide bonds. The maximum Gasteiger partial charge on any atom is 0.137 e. The third-order valence-corrected chi connectivity index (χ3v) is 3.30. The second-order valence-corrected chi connectivity index (χ2v) is 4.47. The summed E-state index contributed by atoms with van der Waals surface area (Å²) in [5, 5.41) is 0. The third kappa shape index (κ3) is 2.49. The van der Waals surface area contributed by atoms with Gasteiger partial charge in [0.05, 0.1) is 6.61 Å². The largest absolute Gasteiger partial charge is 0.384 e. The minimum atomic E-state index is 0.598. The summed E-state index contributed by atoms with van der Waals surface area (Å²) in [6.07, 6.45) is 3.57. The molecule has 0 saturated carbocycles. The highest BCUT2D eigenvalue weighted by atomic mass is 16.5. The Morgan fingerprint density at radius 1 is 1.53 bits per heavy atom. The number of ether oxygens (including phenoxy) is 1. The molecule has 1 unspecified atom stereocenters. The van der Waals surface area contributed by atoms with Crippen LogP contribution in [0.15, 0.2) is 6.33 Å². The number of hydrogen-bond donors (Lipinski definition) is 1. The van der Waals surface area contributed by atoms with E-state index in [9.17, 15) is 0 Å². The summed E-state index contributed by atoms with van der Waals surface area (Å²) in [5.74, 6) is 2.20. The van der Waals surface area contributed by atoms with Crippen LogP contribution in [0.2, 0.25) is 0 Å². The van der Waals surface area contributed by atoms with Gasteiger partial charge < -0.3 is 15.4 Å². The molecule has 1 saturated heterocycles. The maximum absolute atomic E-state index is 5.89. The number of aromatic nitrogens is 2. The first-order valence-corrected chi connectivity index (χ1v) is 6.09. The quantitative estimate of drug-likeness (QED) is 0.848. The van der Waals surface area contributed by atoms with Gasteiger partial charge in [-0.15, -0.1) is 0 Å². The molecule has 5 heteroatoms. The number of nitrogens with two attached hydrogens (primary N) is 1. The van der Waals surface area contributed by atoms with Gasteiger partial charge in [0.15, 0.2) is 0 Å². The minimum Gasteiger partial charge on any atom is -0.384 e. The van der Waals surface area contributed by atoms with E-state index in [0.717, 1.165) is 43.9 Å². The predicted molar refractivity (Wildman–Crippen MR) is 68.0 cm³/mol. The topological polar surface area (TPSA) is 64.3 Å². The van der Waals surface area contributed by atoms with E-state index in [2.05, 4.69) is 21.8 Å². The molecule has 2 rings (SSSR count). The van der Waals surface area contributed by atoms with Crippen LogP contribution < -0.4 is 10.6 Å². The number of rotatable bonds is 4. The lowest BCUT2D eigenvalue weighted by Crippen LogP contribution is -2.24. The molecule has 0 aliphatic carbocycles. The number of anilines is 2. The Labute approximate surface area is 102 Å². The van der Waals surface area contributed by atoms with Crippen LogP contribution in [0.3, 0.4) is 0 Å². The van der Waals surface area contributed by atoms with E-state index < -0.39 is 0 Å². The first-order valence-electron chi connectivity index (χ1n) is 6.09. The summed E-state index contributed by atoms with van der Waals surface area (Å²) < 4.78 is 5.21. The second-order valence-electron chi connectivity index (χ2n) is 4.47. The fraction of sp³-hybridized carbons (Fsp3) is 0.667. The summed E-state index contributed by atoms with van der Waals surface area (Å²) >= 11 is 0. The molecule has 5 nitrogen and oxygen atoms in total. The Bertz CT molecular complexity index is 383. The summed E-state index contributed by atoms with van der Waals surface area (Å²) in [6.45, 7) is 4.93. The zero-order valence-electron chi connectivity index (χ0n) is 10.5. The third-order valence-electron chi connectivity index (χ3n) is 3.30. The average Bonchev–Trinajstić information content (AvgIpc) is 2.78. The maximum atomic E-state index is 5.89. The molecule has 2 heterocycles. The van der Waals surface area contributed by atoms with Crippen molar-refractivity contribution in [3.8, 4) is 0 Å². The van der Waals surface area contributed by atoms with Gasteiger partial charge in [0.25, 0.3) is 0 Å². The van der Waals surface area contributed by atoms with Gasteiger partial charge in [0.1, 0.15) is 18.0 Å². The monoisotopic (exact) mass is 236 g/mol. The predicted octanol–water partition coefficient (Wildman–Crippen LogP) is 1.09. The van der Waals surface area contributed by atoms with Crippen LogP contribution in [0.5, 0.6) is 0 Å². The van der Waals surface area contributed by atoms with E-state index in [-0.39, 0.29) is 0 Å². The summed E-state index contributed by atoms with van der Waals surface area (Å²) in [7, 11) is 1.75. The lowest BCUT2D eigenvalue weighted by atomic mass is 10.1. The van der Waals surface area contributed by atoms with E-state index in [1.165, 1.54) is 0 Å². The molecule has 94 valence electrons. The van der Waals surface area contributed by atoms with Crippen molar-refractivity contribution >= 4 is 11.6 Å². The van der Waals surface area contributed by atoms with Crippen LogP contribution in [-0.4, -0.2) is 36.8 Å². The lowest BCUT2D eigenvalue weighted by molar-refractivity contribution is 0.161. The van der Waals surface area contributed by atoms with Gasteiger partial charge in [-0.1, -0.05) is 6.92 Å². The molecule has 0 radical (unpaired) electrons. The van der Waals surface area contributed by atoms with Gasteiger partial charge in [0, 0.05) is 31.7 Å². The van der Waals surface area contributed by atoms with Crippen molar-refractivity contribution in [2.75, 3.05) is 37.4 Å². The minimum absolute atomic E-state index is 0.598. The summed E-state index contributed by atoms with van der Waals surface area (Å²) in [6, 6.07) is 0. The van der Waals surface area contributed by atoms with E-state index >= 15 is 0 Å². The van der Waals surface area contributed by atoms with Crippen molar-refractivity contribution in [2.24, 2.45) is 5.92 Å². The van der Waals surface area contributed by atoms with E-state index in [0.29, 0.717) is 11.7 Å². The number of hydrogen-bond acceptors (Lipinski definition) is 5. The Kier molecular flexibility index (Phi) is 3.78. The second kappa shape index (κ2) is 5.31. The SMILES string of the molecule is CCc1c(N)ncnc1N1CCC(COC)C1. The zero-order chi connectivity index (χ0) is 12.3. The van der Waals surface area contributed by atoms with Gasteiger partial charge in [-0.25, -0.2) is 9.97 Å². The van der Waals surface area contributed by atoms with Crippen molar-refractivity contribution < 1.29 is 4.74 Å². The normalized spacial score (nSPS) is 19.9. The molecule has 1 atom stereocenters. The van der Waals surface area contributed by atoms with Crippen LogP contribution in [0.25, 0.3) is 0 Å². The summed E-state index contributed by atoms with van der Waals surface area (Å²) in [5.41, 5.74) is 6.95. The van der Waals surface area contributed by atoms with Crippen molar-refractivity contribution in [3.63, 3.8) is 0 Å². The van der Waals surface area contributed by atoms with Crippen LogP contribution >= 0.6 is 0 Å². The van der Waals surface area contributed by atoms with Crippen molar-refractivity contribution in [1.29, 1.82) is 0 Å². The van der Waals surface area contributed by atoms with Gasteiger partial charge in [-0.3, -0.25) is 0 Å². The number of methoxy groups -OCH3 is 1. The first kappa shape index (κ1) is 12.1. The molecule has 2 N–H and O–H groups in total. The first-order chi connectivity index (χ1) is 8.26. The van der Waals surface area contributed by atoms with Crippen molar-refractivity contribution in [1.82, 2.24) is 9.97 Å². The van der Waals surface area contributed by atoms with Crippen LogP contribution in [0.4, 0.5) is 11.6 Å². The Morgan fingerprint density at radius 3 is 3.06 bits per heavy atom. The molecule has 1 aromatic rings. The van der Waals surface area contributed by atoms with E-state index in [1.807, 2.05) is 0 Å². The number of nitrogens with zero attached hydrogens (tertiary/aromatic N) is 3. The molecule has 1 aliphatic heterocycles. The molecule has 17 heavy (non-hydrogen) atoms. The zero-order valence-corrected chi connectivity index (χ0v) is 10.5. The molecule has 0 aromatic carbocycles. The fourth-order valence-electron chi connectivity index (χ4n) is 2.42. The van der Waals surface area contributed by atoms with Gasteiger partial charge >= 0.3 is 0 Å². The number of nitrogen functional groups attached to an aromatic ring is 1. The molecule has 0 spiro atoms. The fourth-order valence-corrected chi connectivity index (χ4v) is 2.42. The average molecular weight is 236 g/mol.